The van der Waals surface area contributed by atoms with Crippen LogP contribution in [0.5, 0.6) is 5.75 Å². The van der Waals surface area contributed by atoms with E-state index < -0.39 is 0 Å². The number of benzene rings is 1. The van der Waals surface area contributed by atoms with Gasteiger partial charge in [0.2, 0.25) is 0 Å². The molecule has 0 amide bonds. The Hall–Kier alpha value is -1.10. The smallest absolute Gasteiger partial charge is 0.191 e. The Morgan fingerprint density at radius 3 is 2.53 bits per heavy atom. The highest BCUT2D eigenvalue weighted by molar-refractivity contribution is 14.0. The molecule has 1 aliphatic rings. The lowest BCUT2D eigenvalue weighted by Crippen LogP contribution is -2.41. The van der Waals surface area contributed by atoms with Crippen LogP contribution in [0.25, 0.3) is 0 Å². The van der Waals surface area contributed by atoms with Gasteiger partial charge in [0.25, 0.3) is 0 Å². The van der Waals surface area contributed by atoms with Crippen LogP contribution in [0.2, 0.25) is 0 Å². The summed E-state index contributed by atoms with van der Waals surface area (Å²) in [5.41, 5.74) is 1.18. The summed E-state index contributed by atoms with van der Waals surface area (Å²) < 4.78 is 11.4. The van der Waals surface area contributed by atoms with Crippen LogP contribution in [0.3, 0.4) is 0 Å². The Balaban J connectivity index is 0.00000512. The van der Waals surface area contributed by atoms with Crippen molar-refractivity contribution in [3.05, 3.63) is 29.8 Å². The highest BCUT2D eigenvalue weighted by Crippen LogP contribution is 2.13. The number of ether oxygens (including phenoxy) is 2. The highest BCUT2D eigenvalue weighted by atomic mass is 127. The molecule has 0 spiro atoms. The molecule has 8 heteroatoms. The number of hydrogen-bond donors (Lipinski definition) is 2. The summed E-state index contributed by atoms with van der Waals surface area (Å²) in [7, 11) is 1.81. The molecule has 0 bridgehead atoms. The lowest BCUT2D eigenvalue weighted by molar-refractivity contribution is 0.0322. The van der Waals surface area contributed by atoms with Crippen molar-refractivity contribution in [2.75, 3.05) is 59.6 Å². The van der Waals surface area contributed by atoms with E-state index in [1.54, 1.807) is 0 Å². The molecule has 184 valence electrons. The van der Waals surface area contributed by atoms with Gasteiger partial charge in [-0.25, -0.2) is 0 Å². The third kappa shape index (κ3) is 11.2. The number of guanidine groups is 1. The average molecular weight is 562 g/mol. The van der Waals surface area contributed by atoms with Crippen molar-refractivity contribution >= 4 is 29.9 Å². The molecule has 1 heterocycles. The lowest BCUT2D eigenvalue weighted by Gasteiger charge is -2.30. The second-order valence-corrected chi connectivity index (χ2v) is 8.58. The molecule has 0 unspecified atom stereocenters. The van der Waals surface area contributed by atoms with E-state index in [2.05, 4.69) is 65.3 Å². The van der Waals surface area contributed by atoms with Gasteiger partial charge in [-0.05, 0) is 51.8 Å². The van der Waals surface area contributed by atoms with Crippen molar-refractivity contribution in [3.8, 4) is 5.75 Å². The zero-order chi connectivity index (χ0) is 22.5. The summed E-state index contributed by atoms with van der Waals surface area (Å²) in [6.45, 7) is 17.0. The predicted octanol–water partition coefficient (Wildman–Crippen LogP) is 3.19. The maximum atomic E-state index is 5.96. The van der Waals surface area contributed by atoms with E-state index in [1.807, 2.05) is 19.2 Å². The Morgan fingerprint density at radius 2 is 1.88 bits per heavy atom. The first kappa shape index (κ1) is 28.9. The molecule has 2 N–H and O–H groups in total. The number of hydrogen-bond acceptors (Lipinski definition) is 5. The van der Waals surface area contributed by atoms with Gasteiger partial charge in [0.15, 0.2) is 5.96 Å². The molecule has 1 aliphatic heterocycles. The molecule has 1 aromatic rings. The van der Waals surface area contributed by atoms with Crippen molar-refractivity contribution < 1.29 is 9.47 Å². The minimum atomic E-state index is 0. The topological polar surface area (TPSA) is 61.4 Å². The van der Waals surface area contributed by atoms with Gasteiger partial charge in [0, 0.05) is 58.4 Å². The number of nitrogens with zero attached hydrogens (tertiary/aromatic N) is 3. The van der Waals surface area contributed by atoms with Crippen LogP contribution in [-0.4, -0.2) is 87.4 Å². The van der Waals surface area contributed by atoms with Crippen LogP contribution in [0.4, 0.5) is 0 Å². The predicted molar refractivity (Wildman–Crippen MR) is 144 cm³/mol. The van der Waals surface area contributed by atoms with Gasteiger partial charge >= 0.3 is 0 Å². The fraction of sp³-hybridized carbons (Fsp3) is 0.708. The molecule has 0 radical (unpaired) electrons. The Kier molecular flexibility index (Phi) is 14.9. The van der Waals surface area contributed by atoms with Gasteiger partial charge in [-0.15, -0.1) is 24.0 Å². The van der Waals surface area contributed by atoms with Crippen LogP contribution >= 0.6 is 24.0 Å². The Bertz CT molecular complexity index is 643. The fourth-order valence-corrected chi connectivity index (χ4v) is 3.85. The van der Waals surface area contributed by atoms with E-state index in [-0.39, 0.29) is 24.0 Å². The van der Waals surface area contributed by atoms with Crippen LogP contribution < -0.4 is 15.4 Å². The first-order valence-electron chi connectivity index (χ1n) is 11.7. The van der Waals surface area contributed by atoms with Gasteiger partial charge in [0.1, 0.15) is 12.4 Å². The number of halogens is 1. The first-order valence-corrected chi connectivity index (χ1v) is 11.7. The first-order chi connectivity index (χ1) is 15.0. The molecule has 1 aromatic carbocycles. The van der Waals surface area contributed by atoms with Gasteiger partial charge in [-0.3, -0.25) is 14.8 Å². The van der Waals surface area contributed by atoms with Crippen LogP contribution in [0.1, 0.15) is 39.7 Å². The second kappa shape index (κ2) is 16.5. The second-order valence-electron chi connectivity index (χ2n) is 8.58. The third-order valence-corrected chi connectivity index (χ3v) is 5.57. The van der Waals surface area contributed by atoms with Crippen molar-refractivity contribution in [1.29, 1.82) is 0 Å². The molecule has 0 aliphatic carbocycles. The maximum Gasteiger partial charge on any atom is 0.191 e. The maximum absolute atomic E-state index is 5.96. The van der Waals surface area contributed by atoms with Crippen LogP contribution in [0.15, 0.2) is 29.3 Å². The van der Waals surface area contributed by atoms with Crippen molar-refractivity contribution in [3.63, 3.8) is 0 Å². The molecular formula is C24H44IN5O2. The molecule has 7 nitrogen and oxygen atoms in total. The fourth-order valence-electron chi connectivity index (χ4n) is 3.85. The largest absolute Gasteiger partial charge is 0.492 e. The molecule has 0 aromatic heterocycles. The Morgan fingerprint density at radius 1 is 1.16 bits per heavy atom. The van der Waals surface area contributed by atoms with E-state index in [1.165, 1.54) is 5.56 Å². The summed E-state index contributed by atoms with van der Waals surface area (Å²) in [5.74, 6) is 1.75. The molecule has 0 saturated carbocycles. The minimum absolute atomic E-state index is 0. The van der Waals surface area contributed by atoms with Crippen molar-refractivity contribution in [2.45, 2.75) is 52.7 Å². The number of rotatable bonds is 12. The SMILES string of the molecule is CN=C(NCCCN(C(C)C)C(C)C)NCc1cccc(OCCN2CCOCC2)c1.I. The van der Waals surface area contributed by atoms with Crippen molar-refractivity contribution in [1.82, 2.24) is 20.4 Å². The zero-order valence-corrected chi connectivity index (χ0v) is 22.9. The van der Waals surface area contributed by atoms with Gasteiger partial charge in [0.05, 0.1) is 13.2 Å². The van der Waals surface area contributed by atoms with Crippen LogP contribution in [-0.2, 0) is 11.3 Å². The minimum Gasteiger partial charge on any atom is -0.492 e. The summed E-state index contributed by atoms with van der Waals surface area (Å²) >= 11 is 0. The number of nitrogens with one attached hydrogen (secondary N) is 2. The van der Waals surface area contributed by atoms with E-state index in [0.29, 0.717) is 25.2 Å². The highest BCUT2D eigenvalue weighted by Gasteiger charge is 2.12. The Labute approximate surface area is 212 Å². The van der Waals surface area contributed by atoms with Gasteiger partial charge in [-0.2, -0.15) is 0 Å². The zero-order valence-electron chi connectivity index (χ0n) is 20.6. The summed E-state index contributed by atoms with van der Waals surface area (Å²) in [4.78, 5) is 9.24. The average Bonchev–Trinajstić information content (AvgIpc) is 2.76. The molecule has 2 rings (SSSR count). The summed E-state index contributed by atoms with van der Waals surface area (Å²) in [6.07, 6.45) is 1.09. The molecule has 1 fully saturated rings. The molecular weight excluding hydrogens is 517 g/mol. The monoisotopic (exact) mass is 561 g/mol. The number of aliphatic imine (C=N–C) groups is 1. The summed E-state index contributed by atoms with van der Waals surface area (Å²) in [6, 6.07) is 9.41. The number of morpholine rings is 1. The van der Waals surface area contributed by atoms with E-state index in [4.69, 9.17) is 9.47 Å². The molecule has 0 atom stereocenters. The van der Waals surface area contributed by atoms with Crippen LogP contribution in [0, 0.1) is 0 Å². The van der Waals surface area contributed by atoms with E-state index in [9.17, 15) is 0 Å². The quantitative estimate of drug-likeness (QED) is 0.177. The lowest BCUT2D eigenvalue weighted by atomic mass is 10.2. The molecule has 1 saturated heterocycles. The van der Waals surface area contributed by atoms with E-state index in [0.717, 1.165) is 64.1 Å². The standard InChI is InChI=1S/C24H43N5O2.HI/c1-20(2)29(21(3)4)11-7-10-26-24(25-5)27-19-22-8-6-9-23(18-22)31-17-14-28-12-15-30-16-13-28;/h6,8-9,18,20-21H,7,10-17,19H2,1-5H3,(H2,25,26,27);1H. The summed E-state index contributed by atoms with van der Waals surface area (Å²) in [5, 5.41) is 6.83. The van der Waals surface area contributed by atoms with E-state index >= 15 is 0 Å². The third-order valence-electron chi connectivity index (χ3n) is 5.57. The molecule has 32 heavy (non-hydrogen) atoms. The van der Waals surface area contributed by atoms with Gasteiger partial charge < -0.3 is 20.1 Å². The normalized spacial score (nSPS) is 15.2. The van der Waals surface area contributed by atoms with Gasteiger partial charge in [-0.1, -0.05) is 12.1 Å². The van der Waals surface area contributed by atoms with Crippen molar-refractivity contribution in [2.24, 2.45) is 4.99 Å².